The summed E-state index contributed by atoms with van der Waals surface area (Å²) in [5.41, 5.74) is 0.815. The van der Waals surface area contributed by atoms with Gasteiger partial charge in [-0.25, -0.2) is 4.98 Å². The van der Waals surface area contributed by atoms with Crippen LogP contribution in [0.5, 0.6) is 0 Å². The molecule has 1 aromatic heterocycles. The number of carbonyl (C=O) groups excluding carboxylic acids is 1. The lowest BCUT2D eigenvalue weighted by molar-refractivity contribution is 0.0659. The molecule has 19 heavy (non-hydrogen) atoms. The molecule has 1 aliphatic rings. The summed E-state index contributed by atoms with van der Waals surface area (Å²) >= 11 is 0. The van der Waals surface area contributed by atoms with Crippen LogP contribution in [0.15, 0.2) is 18.3 Å². The second-order valence-corrected chi connectivity index (χ2v) is 4.99. The van der Waals surface area contributed by atoms with Crippen molar-refractivity contribution in [3.05, 3.63) is 29.6 Å². The highest BCUT2D eigenvalue weighted by molar-refractivity contribution is 5.94. The van der Waals surface area contributed by atoms with E-state index in [0.717, 1.165) is 25.9 Å². The topological polar surface area (TPSA) is 60.2 Å². The third-order valence-electron chi connectivity index (χ3n) is 3.68. The largest absolute Gasteiger partial charge is 0.339 e. The van der Waals surface area contributed by atoms with Crippen molar-refractivity contribution in [2.75, 3.05) is 27.2 Å². The van der Waals surface area contributed by atoms with Gasteiger partial charge < -0.3 is 9.80 Å². The van der Waals surface area contributed by atoms with E-state index in [1.54, 1.807) is 17.0 Å². The maximum absolute atomic E-state index is 12.4. The molecular weight excluding hydrogens is 240 g/mol. The summed E-state index contributed by atoms with van der Waals surface area (Å²) < 4.78 is 0. The second kappa shape index (κ2) is 5.81. The number of hydrogen-bond donors (Lipinski definition) is 0. The van der Waals surface area contributed by atoms with Crippen molar-refractivity contribution in [3.8, 4) is 6.07 Å². The molecule has 1 amide bonds. The average Bonchev–Trinajstić information content (AvgIpc) is 2.46. The van der Waals surface area contributed by atoms with E-state index in [2.05, 4.69) is 16.9 Å². The zero-order valence-corrected chi connectivity index (χ0v) is 11.3. The summed E-state index contributed by atoms with van der Waals surface area (Å²) in [5.74, 6) is -0.0338. The molecule has 1 saturated heterocycles. The van der Waals surface area contributed by atoms with E-state index in [-0.39, 0.29) is 17.6 Å². The number of pyridine rings is 1. The molecule has 5 nitrogen and oxygen atoms in total. The van der Waals surface area contributed by atoms with E-state index in [1.807, 2.05) is 13.1 Å². The van der Waals surface area contributed by atoms with Gasteiger partial charge >= 0.3 is 0 Å². The Hall–Kier alpha value is -1.93. The van der Waals surface area contributed by atoms with Crippen LogP contribution in [0.3, 0.4) is 0 Å². The lowest BCUT2D eigenvalue weighted by Crippen LogP contribution is -2.44. The Labute approximate surface area is 113 Å². The highest BCUT2D eigenvalue weighted by atomic mass is 16.2. The van der Waals surface area contributed by atoms with Crippen molar-refractivity contribution >= 4 is 5.91 Å². The van der Waals surface area contributed by atoms with E-state index in [0.29, 0.717) is 5.56 Å². The molecule has 0 bridgehead atoms. The summed E-state index contributed by atoms with van der Waals surface area (Å²) in [6.07, 6.45) is 3.50. The van der Waals surface area contributed by atoms with Crippen molar-refractivity contribution in [3.63, 3.8) is 0 Å². The Morgan fingerprint density at radius 3 is 2.84 bits per heavy atom. The summed E-state index contributed by atoms with van der Waals surface area (Å²) in [6.45, 7) is 2.03. The van der Waals surface area contributed by atoms with Crippen LogP contribution < -0.4 is 0 Å². The first kappa shape index (κ1) is 13.5. The molecule has 0 aliphatic carbocycles. The molecule has 1 aromatic rings. The Morgan fingerprint density at radius 1 is 1.53 bits per heavy atom. The third-order valence-corrected chi connectivity index (χ3v) is 3.68. The minimum atomic E-state index is -0.0338. The van der Waals surface area contributed by atoms with Gasteiger partial charge in [0.1, 0.15) is 11.8 Å². The minimum Gasteiger partial charge on any atom is -0.339 e. The molecule has 100 valence electrons. The van der Waals surface area contributed by atoms with Crippen molar-refractivity contribution < 1.29 is 4.79 Å². The molecule has 0 spiro atoms. The van der Waals surface area contributed by atoms with Gasteiger partial charge in [0.15, 0.2) is 0 Å². The van der Waals surface area contributed by atoms with Gasteiger partial charge in [-0.3, -0.25) is 4.79 Å². The van der Waals surface area contributed by atoms with Gasteiger partial charge in [0.25, 0.3) is 5.91 Å². The van der Waals surface area contributed by atoms with Crippen LogP contribution in [0.25, 0.3) is 0 Å². The van der Waals surface area contributed by atoms with Crippen LogP contribution in [-0.2, 0) is 0 Å². The van der Waals surface area contributed by atoms with Gasteiger partial charge in [0.2, 0.25) is 0 Å². The molecule has 0 unspecified atom stereocenters. The molecule has 5 heteroatoms. The SMILES string of the molecule is CN1CCC(N(C)C(=O)c2ccnc(C#N)c2)CC1. The number of amides is 1. The summed E-state index contributed by atoms with van der Waals surface area (Å²) in [5, 5.41) is 8.82. The monoisotopic (exact) mass is 258 g/mol. The smallest absolute Gasteiger partial charge is 0.254 e. The van der Waals surface area contributed by atoms with E-state index in [9.17, 15) is 4.79 Å². The molecule has 0 saturated carbocycles. The van der Waals surface area contributed by atoms with Crippen LogP contribution >= 0.6 is 0 Å². The molecule has 0 atom stereocenters. The highest BCUT2D eigenvalue weighted by Crippen LogP contribution is 2.16. The number of carbonyl (C=O) groups is 1. The molecule has 1 aliphatic heterocycles. The van der Waals surface area contributed by atoms with Gasteiger partial charge in [-0.15, -0.1) is 0 Å². The van der Waals surface area contributed by atoms with Crippen molar-refractivity contribution in [1.82, 2.24) is 14.8 Å². The quantitative estimate of drug-likeness (QED) is 0.797. The van der Waals surface area contributed by atoms with Crippen LogP contribution in [-0.4, -0.2) is 53.9 Å². The van der Waals surface area contributed by atoms with E-state index in [4.69, 9.17) is 5.26 Å². The predicted octanol–water partition coefficient (Wildman–Crippen LogP) is 1.12. The Kier molecular flexibility index (Phi) is 4.13. The molecule has 1 fully saturated rings. The predicted molar refractivity (Wildman–Crippen MR) is 71.6 cm³/mol. The summed E-state index contributed by atoms with van der Waals surface area (Å²) in [7, 11) is 3.94. The lowest BCUT2D eigenvalue weighted by Gasteiger charge is -2.35. The third kappa shape index (κ3) is 3.09. The highest BCUT2D eigenvalue weighted by Gasteiger charge is 2.24. The number of piperidine rings is 1. The zero-order chi connectivity index (χ0) is 13.8. The molecular formula is C14H18N4O. The summed E-state index contributed by atoms with van der Waals surface area (Å²) in [6, 6.07) is 5.45. The van der Waals surface area contributed by atoms with Crippen molar-refractivity contribution in [2.24, 2.45) is 0 Å². The van der Waals surface area contributed by atoms with Gasteiger partial charge in [0, 0.05) is 24.8 Å². The number of hydrogen-bond acceptors (Lipinski definition) is 4. The standard InChI is InChI=1S/C14H18N4O/c1-17-7-4-13(5-8-17)18(2)14(19)11-3-6-16-12(9-11)10-15/h3,6,9,13H,4-5,7-8H2,1-2H3. The van der Waals surface area contributed by atoms with Crippen LogP contribution in [0.4, 0.5) is 0 Å². The van der Waals surface area contributed by atoms with Crippen LogP contribution in [0, 0.1) is 11.3 Å². The molecule has 0 N–H and O–H groups in total. The Bertz CT molecular complexity index is 500. The van der Waals surface area contributed by atoms with Gasteiger partial charge in [0.05, 0.1) is 0 Å². The molecule has 2 heterocycles. The second-order valence-electron chi connectivity index (χ2n) is 4.99. The number of likely N-dealkylation sites (tertiary alicyclic amines) is 1. The lowest BCUT2D eigenvalue weighted by atomic mass is 10.0. The first-order valence-electron chi connectivity index (χ1n) is 6.43. The fourth-order valence-corrected chi connectivity index (χ4v) is 2.38. The molecule has 0 radical (unpaired) electrons. The maximum atomic E-state index is 12.4. The van der Waals surface area contributed by atoms with Crippen LogP contribution in [0.1, 0.15) is 28.9 Å². The van der Waals surface area contributed by atoms with Gasteiger partial charge in [-0.2, -0.15) is 5.26 Å². The van der Waals surface area contributed by atoms with Crippen molar-refractivity contribution in [2.45, 2.75) is 18.9 Å². The molecule has 0 aromatic carbocycles. The number of rotatable bonds is 2. The average molecular weight is 258 g/mol. The van der Waals surface area contributed by atoms with Crippen LogP contribution in [0.2, 0.25) is 0 Å². The Balaban J connectivity index is 2.08. The van der Waals surface area contributed by atoms with Gasteiger partial charge in [-0.05, 0) is 45.1 Å². The first-order chi connectivity index (χ1) is 9.11. The molecule has 2 rings (SSSR count). The van der Waals surface area contributed by atoms with Gasteiger partial charge in [-0.1, -0.05) is 0 Å². The Morgan fingerprint density at radius 2 is 2.21 bits per heavy atom. The normalized spacial score (nSPS) is 16.9. The first-order valence-corrected chi connectivity index (χ1v) is 6.43. The number of nitriles is 1. The maximum Gasteiger partial charge on any atom is 0.254 e. The number of nitrogens with zero attached hydrogens (tertiary/aromatic N) is 4. The number of aromatic nitrogens is 1. The van der Waals surface area contributed by atoms with E-state index < -0.39 is 0 Å². The van der Waals surface area contributed by atoms with E-state index >= 15 is 0 Å². The van der Waals surface area contributed by atoms with Crippen molar-refractivity contribution in [1.29, 1.82) is 5.26 Å². The fourth-order valence-electron chi connectivity index (χ4n) is 2.38. The zero-order valence-electron chi connectivity index (χ0n) is 11.3. The summed E-state index contributed by atoms with van der Waals surface area (Å²) in [4.78, 5) is 20.3. The van der Waals surface area contributed by atoms with E-state index in [1.165, 1.54) is 6.20 Å². The minimum absolute atomic E-state index is 0.0338. The fraction of sp³-hybridized carbons (Fsp3) is 0.500.